The van der Waals surface area contributed by atoms with E-state index >= 15 is 0 Å². The van der Waals surface area contributed by atoms with E-state index in [1.807, 2.05) is 5.10 Å². The summed E-state index contributed by atoms with van der Waals surface area (Å²) >= 11 is 0. The third-order valence-corrected chi connectivity index (χ3v) is 2.79. The van der Waals surface area contributed by atoms with E-state index in [1.54, 1.807) is 30.3 Å². The predicted octanol–water partition coefficient (Wildman–Crippen LogP) is 3.20. The van der Waals surface area contributed by atoms with E-state index in [-0.39, 0.29) is 11.5 Å². The summed E-state index contributed by atoms with van der Waals surface area (Å²) in [6, 6.07) is 9.22. The molecule has 7 heteroatoms. The Morgan fingerprint density at radius 1 is 1.15 bits per heavy atom. The van der Waals surface area contributed by atoms with Crippen LogP contribution in [0, 0.1) is 0 Å². The van der Waals surface area contributed by atoms with Gasteiger partial charge < -0.3 is 4.42 Å². The lowest BCUT2D eigenvalue weighted by Gasteiger charge is -2.05. The zero-order chi connectivity index (χ0) is 14.3. The van der Waals surface area contributed by atoms with Crippen molar-refractivity contribution < 1.29 is 17.6 Å². The van der Waals surface area contributed by atoms with E-state index in [2.05, 4.69) is 5.10 Å². The Labute approximate surface area is 109 Å². The number of aromatic nitrogens is 2. The van der Waals surface area contributed by atoms with Gasteiger partial charge in [0.25, 0.3) is 5.56 Å². The molecule has 0 saturated carbocycles. The quantitative estimate of drug-likeness (QED) is 0.744. The maximum atomic E-state index is 12.7. The van der Waals surface area contributed by atoms with Gasteiger partial charge in [0.1, 0.15) is 16.8 Å². The van der Waals surface area contributed by atoms with Crippen molar-refractivity contribution in [3.8, 4) is 11.5 Å². The molecule has 2 heterocycles. The molecule has 2 aromatic heterocycles. The van der Waals surface area contributed by atoms with Gasteiger partial charge in [0.2, 0.25) is 0 Å². The molecule has 0 fully saturated rings. The average Bonchev–Trinajstić information content (AvgIpc) is 2.81. The van der Waals surface area contributed by atoms with Crippen LogP contribution < -0.4 is 5.56 Å². The molecule has 0 saturated heterocycles. The van der Waals surface area contributed by atoms with E-state index in [1.165, 1.54) is 0 Å². The number of halogens is 3. The van der Waals surface area contributed by atoms with Crippen molar-refractivity contribution >= 4 is 11.0 Å². The van der Waals surface area contributed by atoms with E-state index in [9.17, 15) is 18.0 Å². The van der Waals surface area contributed by atoms with Crippen molar-refractivity contribution in [3.05, 3.63) is 52.3 Å². The topological polar surface area (TPSA) is 58.9 Å². The fraction of sp³-hybridized carbons (Fsp3) is 0.0769. The van der Waals surface area contributed by atoms with Crippen molar-refractivity contribution in [1.82, 2.24) is 10.2 Å². The SMILES string of the molecule is O=c1[nH]nc(-c2cc3ccccc3o2)cc1C(F)(F)F. The minimum atomic E-state index is -4.74. The fourth-order valence-corrected chi connectivity index (χ4v) is 1.85. The number of H-pyrrole nitrogens is 1. The molecule has 0 aliphatic heterocycles. The zero-order valence-corrected chi connectivity index (χ0v) is 9.86. The highest BCUT2D eigenvalue weighted by Gasteiger charge is 2.34. The van der Waals surface area contributed by atoms with Crippen LogP contribution in [0.2, 0.25) is 0 Å². The lowest BCUT2D eigenvalue weighted by molar-refractivity contribution is -0.138. The number of fused-ring (bicyclic) bond motifs is 1. The van der Waals surface area contributed by atoms with E-state index in [4.69, 9.17) is 4.42 Å². The molecule has 0 aliphatic rings. The number of para-hydroxylation sites is 1. The van der Waals surface area contributed by atoms with Gasteiger partial charge in [0.15, 0.2) is 5.76 Å². The molecule has 20 heavy (non-hydrogen) atoms. The molecule has 0 aliphatic carbocycles. The Balaban J connectivity index is 2.17. The molecule has 0 unspecified atom stereocenters. The lowest BCUT2D eigenvalue weighted by atomic mass is 10.2. The summed E-state index contributed by atoms with van der Waals surface area (Å²) in [5, 5.41) is 6.16. The second kappa shape index (κ2) is 4.22. The third kappa shape index (κ3) is 2.07. The number of furan rings is 1. The van der Waals surface area contributed by atoms with Crippen LogP contribution in [0.15, 0.2) is 45.6 Å². The summed E-state index contributed by atoms with van der Waals surface area (Å²) in [7, 11) is 0. The second-order valence-corrected chi connectivity index (χ2v) is 4.14. The van der Waals surface area contributed by atoms with E-state index in [0.29, 0.717) is 11.6 Å². The molecule has 0 atom stereocenters. The normalized spacial score (nSPS) is 11.9. The number of alkyl halides is 3. The van der Waals surface area contributed by atoms with Crippen LogP contribution in [0.25, 0.3) is 22.4 Å². The molecule has 4 nitrogen and oxygen atoms in total. The number of aromatic amines is 1. The number of nitrogens with one attached hydrogen (secondary N) is 1. The summed E-state index contributed by atoms with van der Waals surface area (Å²) in [4.78, 5) is 11.2. The summed E-state index contributed by atoms with van der Waals surface area (Å²) in [6.07, 6.45) is -4.74. The van der Waals surface area contributed by atoms with E-state index < -0.39 is 17.3 Å². The van der Waals surface area contributed by atoms with Crippen LogP contribution in [-0.4, -0.2) is 10.2 Å². The fourth-order valence-electron chi connectivity index (χ4n) is 1.85. The van der Waals surface area contributed by atoms with Crippen LogP contribution >= 0.6 is 0 Å². The molecule has 0 amide bonds. The number of rotatable bonds is 1. The van der Waals surface area contributed by atoms with Gasteiger partial charge in [-0.15, -0.1) is 0 Å². The molecule has 102 valence electrons. The van der Waals surface area contributed by atoms with E-state index in [0.717, 1.165) is 5.39 Å². The molecule has 3 rings (SSSR count). The number of benzene rings is 1. The van der Waals surface area contributed by atoms with Crippen molar-refractivity contribution in [2.24, 2.45) is 0 Å². The first-order valence-electron chi connectivity index (χ1n) is 5.61. The summed E-state index contributed by atoms with van der Waals surface area (Å²) in [5.74, 6) is 0.160. The van der Waals surface area contributed by atoms with Crippen LogP contribution in [0.4, 0.5) is 13.2 Å². The van der Waals surface area contributed by atoms with Gasteiger partial charge in [-0.3, -0.25) is 4.79 Å². The summed E-state index contributed by atoms with van der Waals surface area (Å²) < 4.78 is 43.4. The lowest BCUT2D eigenvalue weighted by Crippen LogP contribution is -2.22. The van der Waals surface area contributed by atoms with Crippen LogP contribution in [0.5, 0.6) is 0 Å². The Bertz CT molecular complexity index is 800. The highest BCUT2D eigenvalue weighted by molar-refractivity contribution is 5.82. The molecule has 0 spiro atoms. The zero-order valence-electron chi connectivity index (χ0n) is 9.86. The maximum absolute atomic E-state index is 12.7. The van der Waals surface area contributed by atoms with Gasteiger partial charge in [0.05, 0.1) is 0 Å². The average molecular weight is 280 g/mol. The van der Waals surface area contributed by atoms with Gasteiger partial charge >= 0.3 is 6.18 Å². The highest BCUT2D eigenvalue weighted by atomic mass is 19.4. The third-order valence-electron chi connectivity index (χ3n) is 2.79. The van der Waals surface area contributed by atoms with Crippen molar-refractivity contribution in [2.75, 3.05) is 0 Å². The first-order valence-corrected chi connectivity index (χ1v) is 5.61. The van der Waals surface area contributed by atoms with Crippen molar-refractivity contribution in [1.29, 1.82) is 0 Å². The van der Waals surface area contributed by atoms with Gasteiger partial charge in [0, 0.05) is 5.39 Å². The van der Waals surface area contributed by atoms with Crippen molar-refractivity contribution in [2.45, 2.75) is 6.18 Å². The largest absolute Gasteiger partial charge is 0.454 e. The molecular formula is C13H7F3N2O2. The van der Waals surface area contributed by atoms with Gasteiger partial charge in [-0.25, -0.2) is 5.10 Å². The highest BCUT2D eigenvalue weighted by Crippen LogP contribution is 2.30. The van der Waals surface area contributed by atoms with Crippen LogP contribution in [0.3, 0.4) is 0 Å². The molecule has 0 bridgehead atoms. The Kier molecular flexibility index (Phi) is 2.63. The molecular weight excluding hydrogens is 273 g/mol. The van der Waals surface area contributed by atoms with Crippen molar-refractivity contribution in [3.63, 3.8) is 0 Å². The van der Waals surface area contributed by atoms with Crippen LogP contribution in [0.1, 0.15) is 5.56 Å². The predicted molar refractivity (Wildman–Crippen MR) is 65.1 cm³/mol. The first kappa shape index (κ1) is 12.5. The minimum Gasteiger partial charge on any atom is -0.454 e. The summed E-state index contributed by atoms with van der Waals surface area (Å²) in [6.45, 7) is 0. The maximum Gasteiger partial charge on any atom is 0.421 e. The van der Waals surface area contributed by atoms with Gasteiger partial charge in [-0.05, 0) is 18.2 Å². The monoisotopic (exact) mass is 280 g/mol. The standard InChI is InChI=1S/C13H7F3N2O2/c14-13(15,16)8-6-9(17-18-12(8)19)11-5-7-3-1-2-4-10(7)20-11/h1-6H,(H,18,19). The number of hydrogen-bond acceptors (Lipinski definition) is 3. The Hall–Kier alpha value is -2.57. The molecule has 1 aromatic carbocycles. The summed E-state index contributed by atoms with van der Waals surface area (Å²) in [5.41, 5.74) is -2.13. The Morgan fingerprint density at radius 3 is 2.60 bits per heavy atom. The molecule has 3 aromatic rings. The van der Waals surface area contributed by atoms with Gasteiger partial charge in [-0.1, -0.05) is 18.2 Å². The Morgan fingerprint density at radius 2 is 1.90 bits per heavy atom. The smallest absolute Gasteiger partial charge is 0.421 e. The number of hydrogen-bond donors (Lipinski definition) is 1. The van der Waals surface area contributed by atoms with Gasteiger partial charge in [-0.2, -0.15) is 18.3 Å². The first-order chi connectivity index (χ1) is 9.45. The second-order valence-electron chi connectivity index (χ2n) is 4.14. The minimum absolute atomic E-state index is 0.0758. The van der Waals surface area contributed by atoms with Crippen LogP contribution in [-0.2, 0) is 6.18 Å². The number of nitrogens with zero attached hydrogens (tertiary/aromatic N) is 1. The molecule has 1 N–H and O–H groups in total. The molecule has 0 radical (unpaired) electrons.